The molecular weight excluding hydrogens is 372 g/mol. The molecule has 1 aromatic heterocycles. The maximum atomic E-state index is 12.4. The lowest BCUT2D eigenvalue weighted by Gasteiger charge is -2.20. The van der Waals surface area contributed by atoms with E-state index in [1.807, 2.05) is 13.8 Å². The van der Waals surface area contributed by atoms with E-state index in [-0.39, 0.29) is 5.75 Å². The van der Waals surface area contributed by atoms with Gasteiger partial charge in [0.1, 0.15) is 11.6 Å². The molecule has 0 spiro atoms. The molecule has 2 rings (SSSR count). The van der Waals surface area contributed by atoms with Crippen molar-refractivity contribution in [3.8, 4) is 17.0 Å². The maximum absolute atomic E-state index is 12.4. The summed E-state index contributed by atoms with van der Waals surface area (Å²) in [6.07, 6.45) is 3.40. The molecule has 0 aliphatic heterocycles. The molecule has 1 N–H and O–H groups in total. The van der Waals surface area contributed by atoms with Gasteiger partial charge in [-0.3, -0.25) is 0 Å². The largest absolute Gasteiger partial charge is 0.435 e. The number of aryl methyl sites for hydroxylation is 2. The average Bonchev–Trinajstić information content (AvgIpc) is 2.65. The van der Waals surface area contributed by atoms with Crippen LogP contribution in [0.25, 0.3) is 11.3 Å². The molecule has 148 valence electrons. The normalized spacial score (nSPS) is 11.3. The second-order valence-corrected chi connectivity index (χ2v) is 6.61. The topological polar surface area (TPSA) is 47.0 Å². The summed E-state index contributed by atoms with van der Waals surface area (Å²) in [5, 5.41) is 3.79. The van der Waals surface area contributed by atoms with Crippen LogP contribution in [0, 0.1) is 0 Å². The van der Waals surface area contributed by atoms with Gasteiger partial charge in [0.15, 0.2) is 0 Å². The monoisotopic (exact) mass is 397 g/mol. The lowest BCUT2D eigenvalue weighted by Crippen LogP contribution is -2.20. The van der Waals surface area contributed by atoms with E-state index in [0.29, 0.717) is 28.7 Å². The van der Waals surface area contributed by atoms with E-state index in [9.17, 15) is 8.78 Å². The van der Waals surface area contributed by atoms with E-state index in [0.717, 1.165) is 36.5 Å². The van der Waals surface area contributed by atoms with Gasteiger partial charge in [0.2, 0.25) is 0 Å². The second-order valence-electron chi connectivity index (χ2n) is 6.20. The molecule has 7 heteroatoms. The zero-order valence-corrected chi connectivity index (χ0v) is 16.9. The fraction of sp³-hybridized carbons (Fsp3) is 0.500. The van der Waals surface area contributed by atoms with E-state index in [1.54, 1.807) is 6.07 Å². The molecule has 0 amide bonds. The van der Waals surface area contributed by atoms with Crippen LogP contribution in [0.4, 0.5) is 14.6 Å². The van der Waals surface area contributed by atoms with Crippen molar-refractivity contribution in [2.24, 2.45) is 0 Å². The van der Waals surface area contributed by atoms with Gasteiger partial charge in [0.05, 0.1) is 22.1 Å². The Labute approximate surface area is 164 Å². The van der Waals surface area contributed by atoms with Crippen molar-refractivity contribution >= 4 is 17.4 Å². The molecule has 1 heterocycles. The van der Waals surface area contributed by atoms with Crippen molar-refractivity contribution in [3.05, 3.63) is 34.6 Å². The number of nitrogens with one attached hydrogen (secondary N) is 1. The summed E-state index contributed by atoms with van der Waals surface area (Å²) in [6.45, 7) is 5.41. The summed E-state index contributed by atoms with van der Waals surface area (Å²) in [5.41, 5.74) is 3.01. The Balaban J connectivity index is 2.47. The van der Waals surface area contributed by atoms with Crippen LogP contribution in [0.15, 0.2) is 18.2 Å². The number of nitrogens with zero attached hydrogens (tertiary/aromatic N) is 2. The van der Waals surface area contributed by atoms with Crippen LogP contribution in [0.5, 0.6) is 5.75 Å². The van der Waals surface area contributed by atoms with Gasteiger partial charge in [-0.25, -0.2) is 9.97 Å². The van der Waals surface area contributed by atoms with Gasteiger partial charge in [-0.15, -0.1) is 0 Å². The maximum Gasteiger partial charge on any atom is 0.387 e. The summed E-state index contributed by atoms with van der Waals surface area (Å²) in [4.78, 5) is 9.61. The predicted octanol–water partition coefficient (Wildman–Crippen LogP) is 6.12. The standard InChI is InChI=1S/C20H26ClF2N3O/c1-5-12(6-2)24-19-17(8-4)25-18(16(7-3)26-19)14-10-9-13(11-15(14)21)27-20(22)23/h9-12,20H,5-8H2,1-4H3,(H,24,26). The van der Waals surface area contributed by atoms with Crippen LogP contribution in [0.2, 0.25) is 5.02 Å². The lowest BCUT2D eigenvalue weighted by atomic mass is 10.1. The van der Waals surface area contributed by atoms with Gasteiger partial charge in [-0.1, -0.05) is 39.3 Å². The third-order valence-electron chi connectivity index (χ3n) is 4.46. The molecule has 0 aliphatic rings. The Hall–Kier alpha value is -1.95. The molecule has 2 aromatic rings. The van der Waals surface area contributed by atoms with Crippen LogP contribution in [-0.2, 0) is 12.8 Å². The van der Waals surface area contributed by atoms with Crippen molar-refractivity contribution in [1.29, 1.82) is 0 Å². The predicted molar refractivity (Wildman–Crippen MR) is 106 cm³/mol. The van der Waals surface area contributed by atoms with Crippen LogP contribution in [0.3, 0.4) is 0 Å². The first kappa shape index (κ1) is 21.4. The van der Waals surface area contributed by atoms with Gasteiger partial charge in [-0.05, 0) is 43.9 Å². The average molecular weight is 398 g/mol. The van der Waals surface area contributed by atoms with E-state index >= 15 is 0 Å². The number of hydrogen-bond acceptors (Lipinski definition) is 4. The van der Waals surface area contributed by atoms with Gasteiger partial charge in [0, 0.05) is 11.6 Å². The summed E-state index contributed by atoms with van der Waals surface area (Å²) in [7, 11) is 0. The van der Waals surface area contributed by atoms with Crippen LogP contribution < -0.4 is 10.1 Å². The molecule has 4 nitrogen and oxygen atoms in total. The SMILES string of the molecule is CCc1nc(-c2ccc(OC(F)F)cc2Cl)c(CC)nc1NC(CC)CC. The highest BCUT2D eigenvalue weighted by molar-refractivity contribution is 6.33. The summed E-state index contributed by atoms with van der Waals surface area (Å²) in [5.74, 6) is 0.827. The van der Waals surface area contributed by atoms with E-state index in [4.69, 9.17) is 21.6 Å². The number of halogens is 3. The smallest absolute Gasteiger partial charge is 0.387 e. The third-order valence-corrected chi connectivity index (χ3v) is 4.77. The fourth-order valence-electron chi connectivity index (χ4n) is 2.88. The molecule has 0 radical (unpaired) electrons. The Kier molecular flexibility index (Phi) is 7.78. The molecule has 0 unspecified atom stereocenters. The summed E-state index contributed by atoms with van der Waals surface area (Å²) in [6, 6.07) is 4.84. The molecule has 0 fully saturated rings. The molecule has 27 heavy (non-hydrogen) atoms. The van der Waals surface area contributed by atoms with Crippen molar-refractivity contribution in [2.45, 2.75) is 66.0 Å². The summed E-state index contributed by atoms with van der Waals surface area (Å²) < 4.78 is 29.2. The van der Waals surface area contributed by atoms with Crippen molar-refractivity contribution in [1.82, 2.24) is 9.97 Å². The quantitative estimate of drug-likeness (QED) is 0.553. The van der Waals surface area contributed by atoms with Crippen LogP contribution >= 0.6 is 11.6 Å². The number of ether oxygens (including phenoxy) is 1. The van der Waals surface area contributed by atoms with Crippen molar-refractivity contribution < 1.29 is 13.5 Å². The highest BCUT2D eigenvalue weighted by atomic mass is 35.5. The third kappa shape index (κ3) is 5.28. The lowest BCUT2D eigenvalue weighted by molar-refractivity contribution is -0.0498. The first-order valence-electron chi connectivity index (χ1n) is 9.34. The minimum atomic E-state index is -2.89. The van der Waals surface area contributed by atoms with Crippen molar-refractivity contribution in [3.63, 3.8) is 0 Å². The van der Waals surface area contributed by atoms with Crippen LogP contribution in [-0.4, -0.2) is 22.6 Å². The molecule has 0 aliphatic carbocycles. The number of hydrogen-bond donors (Lipinski definition) is 1. The minimum Gasteiger partial charge on any atom is -0.435 e. The molecule has 0 bridgehead atoms. The number of alkyl halides is 2. The van der Waals surface area contributed by atoms with E-state index < -0.39 is 6.61 Å². The number of benzene rings is 1. The van der Waals surface area contributed by atoms with Gasteiger partial charge < -0.3 is 10.1 Å². The molecule has 1 aromatic carbocycles. The van der Waals surface area contributed by atoms with Gasteiger partial charge >= 0.3 is 6.61 Å². The van der Waals surface area contributed by atoms with Gasteiger partial charge in [-0.2, -0.15) is 8.78 Å². The Morgan fingerprint density at radius 2 is 1.70 bits per heavy atom. The molecular formula is C20H26ClF2N3O. The molecule has 0 atom stereocenters. The first-order chi connectivity index (χ1) is 12.9. The van der Waals surface area contributed by atoms with E-state index in [1.165, 1.54) is 12.1 Å². The Morgan fingerprint density at radius 3 is 2.22 bits per heavy atom. The number of aromatic nitrogens is 2. The highest BCUT2D eigenvalue weighted by Gasteiger charge is 2.18. The molecule has 0 saturated heterocycles. The molecule has 0 saturated carbocycles. The first-order valence-corrected chi connectivity index (χ1v) is 9.72. The van der Waals surface area contributed by atoms with Crippen LogP contribution in [0.1, 0.15) is 51.9 Å². The zero-order chi connectivity index (χ0) is 20.0. The fourth-order valence-corrected chi connectivity index (χ4v) is 3.14. The minimum absolute atomic E-state index is 0.0208. The van der Waals surface area contributed by atoms with Crippen molar-refractivity contribution in [2.75, 3.05) is 5.32 Å². The van der Waals surface area contributed by atoms with E-state index in [2.05, 4.69) is 23.9 Å². The highest BCUT2D eigenvalue weighted by Crippen LogP contribution is 2.33. The Bertz CT molecular complexity index is 767. The number of rotatable bonds is 9. The number of anilines is 1. The Morgan fingerprint density at radius 1 is 1.04 bits per heavy atom. The second kappa shape index (κ2) is 9.83. The zero-order valence-electron chi connectivity index (χ0n) is 16.2. The van der Waals surface area contributed by atoms with Gasteiger partial charge in [0.25, 0.3) is 0 Å². The summed E-state index contributed by atoms with van der Waals surface area (Å²) >= 11 is 6.33.